The normalized spacial score (nSPS) is 19.9. The van der Waals surface area contributed by atoms with Crippen LogP contribution in [0.25, 0.3) is 0 Å². The summed E-state index contributed by atoms with van der Waals surface area (Å²) in [6.45, 7) is 7.64. The molecule has 0 spiro atoms. The molecule has 1 aromatic carbocycles. The van der Waals surface area contributed by atoms with Gasteiger partial charge in [0.05, 0.1) is 6.10 Å². The molecule has 2 atom stereocenters. The average Bonchev–Trinajstić information content (AvgIpc) is 3.04. The van der Waals surface area contributed by atoms with Crippen LogP contribution in [0.1, 0.15) is 74.8 Å². The third-order valence-corrected chi connectivity index (χ3v) is 4.78. The van der Waals surface area contributed by atoms with Gasteiger partial charge >= 0.3 is 0 Å². The number of hydrogen-bond donors (Lipinski definition) is 1. The van der Waals surface area contributed by atoms with Gasteiger partial charge in [-0.15, -0.1) is 0 Å². The van der Waals surface area contributed by atoms with Gasteiger partial charge in [0.25, 0.3) is 0 Å². The number of ether oxygens (including phenoxy) is 1. The van der Waals surface area contributed by atoms with E-state index in [1.165, 1.54) is 35.1 Å². The molecule has 2 heteroatoms. The Morgan fingerprint density at radius 2 is 1.81 bits per heavy atom. The molecule has 21 heavy (non-hydrogen) atoms. The van der Waals surface area contributed by atoms with Crippen molar-refractivity contribution >= 4 is 0 Å². The summed E-state index contributed by atoms with van der Waals surface area (Å²) in [5.74, 6) is 0. The lowest BCUT2D eigenvalue weighted by Crippen LogP contribution is -2.18. The first kappa shape index (κ1) is 16.5. The van der Waals surface area contributed by atoms with Crippen LogP contribution in [0.3, 0.4) is 0 Å². The number of aryl methyl sites for hydroxylation is 3. The number of nitrogens with two attached hydrogens (primary N) is 1. The molecule has 2 rings (SSSR count). The van der Waals surface area contributed by atoms with Gasteiger partial charge in [0.1, 0.15) is 0 Å². The standard InChI is InChI=1S/C19H31NO/c1-4-14-12-15(5-2)19(16(6-3)13-14)18(20)10-9-17-8-7-11-21-17/h12-13,17-18H,4-11,20H2,1-3H3. The van der Waals surface area contributed by atoms with E-state index in [1.54, 1.807) is 0 Å². The Kier molecular flexibility index (Phi) is 6.25. The number of hydrogen-bond acceptors (Lipinski definition) is 2. The molecule has 0 aliphatic carbocycles. The zero-order valence-electron chi connectivity index (χ0n) is 14.0. The lowest BCUT2D eigenvalue weighted by molar-refractivity contribution is 0.101. The van der Waals surface area contributed by atoms with Gasteiger partial charge in [-0.2, -0.15) is 0 Å². The Hall–Kier alpha value is -0.860. The highest BCUT2D eigenvalue weighted by Gasteiger charge is 2.20. The average molecular weight is 289 g/mol. The monoisotopic (exact) mass is 289 g/mol. The Morgan fingerprint density at radius 3 is 2.29 bits per heavy atom. The predicted molar refractivity (Wildman–Crippen MR) is 89.7 cm³/mol. The summed E-state index contributed by atoms with van der Waals surface area (Å²) < 4.78 is 5.73. The van der Waals surface area contributed by atoms with E-state index in [0.29, 0.717) is 6.10 Å². The molecule has 1 saturated heterocycles. The highest BCUT2D eigenvalue weighted by atomic mass is 16.5. The molecule has 1 fully saturated rings. The zero-order chi connectivity index (χ0) is 15.2. The van der Waals surface area contributed by atoms with Crippen LogP contribution < -0.4 is 5.73 Å². The molecule has 1 heterocycles. The second-order valence-corrected chi connectivity index (χ2v) is 6.21. The van der Waals surface area contributed by atoms with Crippen LogP contribution in [-0.4, -0.2) is 12.7 Å². The molecule has 1 aliphatic heterocycles. The van der Waals surface area contributed by atoms with Crippen molar-refractivity contribution in [3.8, 4) is 0 Å². The second-order valence-electron chi connectivity index (χ2n) is 6.21. The maximum absolute atomic E-state index is 6.56. The van der Waals surface area contributed by atoms with Crippen molar-refractivity contribution < 1.29 is 4.74 Å². The van der Waals surface area contributed by atoms with E-state index in [1.807, 2.05) is 0 Å². The molecule has 0 amide bonds. The van der Waals surface area contributed by atoms with Crippen LogP contribution in [0, 0.1) is 0 Å². The summed E-state index contributed by atoms with van der Waals surface area (Å²) in [6.07, 6.45) is 8.26. The predicted octanol–water partition coefficient (Wildman–Crippen LogP) is 4.33. The highest BCUT2D eigenvalue weighted by Crippen LogP contribution is 2.29. The minimum absolute atomic E-state index is 0.157. The lowest BCUT2D eigenvalue weighted by Gasteiger charge is -2.22. The second kappa shape index (κ2) is 7.95. The quantitative estimate of drug-likeness (QED) is 0.810. The van der Waals surface area contributed by atoms with Crippen molar-refractivity contribution in [2.75, 3.05) is 6.61 Å². The summed E-state index contributed by atoms with van der Waals surface area (Å²) >= 11 is 0. The van der Waals surface area contributed by atoms with Crippen LogP contribution in [0.4, 0.5) is 0 Å². The maximum Gasteiger partial charge on any atom is 0.0576 e. The fraction of sp³-hybridized carbons (Fsp3) is 0.684. The van der Waals surface area contributed by atoms with Crippen molar-refractivity contribution in [1.29, 1.82) is 0 Å². The summed E-state index contributed by atoms with van der Waals surface area (Å²) in [5, 5.41) is 0. The van der Waals surface area contributed by atoms with E-state index >= 15 is 0 Å². The third kappa shape index (κ3) is 4.08. The van der Waals surface area contributed by atoms with Gasteiger partial charge in [-0.05, 0) is 67.2 Å². The SMILES string of the molecule is CCc1cc(CC)c(C(N)CCC2CCCO2)c(CC)c1. The number of rotatable bonds is 7. The Bertz CT molecular complexity index is 424. The van der Waals surface area contributed by atoms with E-state index in [-0.39, 0.29) is 6.04 Å². The maximum atomic E-state index is 6.56. The first-order chi connectivity index (χ1) is 10.2. The summed E-state index contributed by atoms with van der Waals surface area (Å²) in [6, 6.07) is 4.88. The zero-order valence-corrected chi connectivity index (χ0v) is 14.0. The molecule has 1 aromatic rings. The molecule has 0 aromatic heterocycles. The summed E-state index contributed by atoms with van der Waals surface area (Å²) in [4.78, 5) is 0. The largest absolute Gasteiger partial charge is 0.378 e. The van der Waals surface area contributed by atoms with Gasteiger partial charge < -0.3 is 10.5 Å². The lowest BCUT2D eigenvalue weighted by atomic mass is 9.87. The van der Waals surface area contributed by atoms with Crippen LogP contribution in [-0.2, 0) is 24.0 Å². The van der Waals surface area contributed by atoms with E-state index in [4.69, 9.17) is 10.5 Å². The van der Waals surface area contributed by atoms with Gasteiger partial charge in [0.15, 0.2) is 0 Å². The Labute approximate surface area is 130 Å². The van der Waals surface area contributed by atoms with Gasteiger partial charge in [-0.25, -0.2) is 0 Å². The van der Waals surface area contributed by atoms with Gasteiger partial charge in [-0.3, -0.25) is 0 Å². The molecule has 1 aliphatic rings. The first-order valence-corrected chi connectivity index (χ1v) is 8.71. The topological polar surface area (TPSA) is 35.2 Å². The van der Waals surface area contributed by atoms with Crippen molar-refractivity contribution in [3.63, 3.8) is 0 Å². The fourth-order valence-electron chi connectivity index (χ4n) is 3.50. The van der Waals surface area contributed by atoms with Gasteiger partial charge in [0.2, 0.25) is 0 Å². The molecule has 2 N–H and O–H groups in total. The molecule has 118 valence electrons. The fourth-order valence-corrected chi connectivity index (χ4v) is 3.50. The van der Waals surface area contributed by atoms with E-state index in [9.17, 15) is 0 Å². The van der Waals surface area contributed by atoms with E-state index in [0.717, 1.165) is 38.7 Å². The summed E-state index contributed by atoms with van der Waals surface area (Å²) in [7, 11) is 0. The smallest absolute Gasteiger partial charge is 0.0576 e. The van der Waals surface area contributed by atoms with E-state index < -0.39 is 0 Å². The molecule has 2 nitrogen and oxygen atoms in total. The van der Waals surface area contributed by atoms with Crippen molar-refractivity contribution in [2.45, 2.75) is 77.9 Å². The van der Waals surface area contributed by atoms with Crippen molar-refractivity contribution in [2.24, 2.45) is 5.73 Å². The Balaban J connectivity index is 2.15. The van der Waals surface area contributed by atoms with E-state index in [2.05, 4.69) is 32.9 Å². The molecule has 2 unspecified atom stereocenters. The van der Waals surface area contributed by atoms with Crippen LogP contribution in [0.2, 0.25) is 0 Å². The molecular weight excluding hydrogens is 258 g/mol. The number of benzene rings is 1. The van der Waals surface area contributed by atoms with Crippen LogP contribution in [0.5, 0.6) is 0 Å². The van der Waals surface area contributed by atoms with Gasteiger partial charge in [0, 0.05) is 12.6 Å². The molecule has 0 bridgehead atoms. The van der Waals surface area contributed by atoms with Crippen molar-refractivity contribution in [3.05, 3.63) is 34.4 Å². The molecule has 0 radical (unpaired) electrons. The first-order valence-electron chi connectivity index (χ1n) is 8.71. The van der Waals surface area contributed by atoms with Crippen LogP contribution >= 0.6 is 0 Å². The minimum atomic E-state index is 0.157. The molecular formula is C19H31NO. The molecule has 0 saturated carbocycles. The third-order valence-electron chi connectivity index (χ3n) is 4.78. The van der Waals surface area contributed by atoms with Gasteiger partial charge in [-0.1, -0.05) is 32.9 Å². The van der Waals surface area contributed by atoms with Crippen LogP contribution in [0.15, 0.2) is 12.1 Å². The summed E-state index contributed by atoms with van der Waals surface area (Å²) in [5.41, 5.74) is 12.3. The van der Waals surface area contributed by atoms with Crippen molar-refractivity contribution in [1.82, 2.24) is 0 Å². The minimum Gasteiger partial charge on any atom is -0.378 e. The Morgan fingerprint density at radius 1 is 1.14 bits per heavy atom. The highest BCUT2D eigenvalue weighted by molar-refractivity contribution is 5.41.